The van der Waals surface area contributed by atoms with Gasteiger partial charge in [-0.25, -0.2) is 0 Å². The van der Waals surface area contributed by atoms with Gasteiger partial charge in [-0.05, 0) is 40.5 Å². The zero-order valence-corrected chi connectivity index (χ0v) is 13.9. The van der Waals surface area contributed by atoms with Crippen molar-refractivity contribution in [1.29, 1.82) is 0 Å². The quantitative estimate of drug-likeness (QED) is 0.780. The molecule has 0 spiro atoms. The van der Waals surface area contributed by atoms with Crippen LogP contribution in [0.4, 0.5) is 5.69 Å². The number of amides is 1. The van der Waals surface area contributed by atoms with Gasteiger partial charge in [0, 0.05) is 12.7 Å². The van der Waals surface area contributed by atoms with Gasteiger partial charge in [0.25, 0.3) is 5.91 Å². The van der Waals surface area contributed by atoms with E-state index in [1.54, 1.807) is 30.5 Å². The largest absolute Gasteiger partial charge is 0.342 e. The number of hydrogen-bond acceptors (Lipinski definition) is 1. The van der Waals surface area contributed by atoms with Crippen molar-refractivity contribution in [3.05, 3.63) is 50.7 Å². The van der Waals surface area contributed by atoms with Crippen LogP contribution in [-0.2, 0) is 6.54 Å². The Morgan fingerprint density at radius 3 is 2.85 bits per heavy atom. The standard InChI is InChI=1S/C14H13BrCl2N2O/c1-2-6-19-8-9(16)7-12(19)14(20)18-11-5-3-4-10(17)13(11)15/h3-5,7-8H,2,6H2,1H3,(H,18,20). The topological polar surface area (TPSA) is 34.0 Å². The highest BCUT2D eigenvalue weighted by atomic mass is 79.9. The second-order valence-corrected chi connectivity index (χ2v) is 5.93. The molecule has 0 aliphatic rings. The molecule has 0 aliphatic heterocycles. The van der Waals surface area contributed by atoms with Crippen molar-refractivity contribution in [2.45, 2.75) is 19.9 Å². The molecule has 0 saturated carbocycles. The number of nitrogens with zero attached hydrogens (tertiary/aromatic N) is 1. The number of aryl methyl sites for hydroxylation is 1. The number of carbonyl (C=O) groups excluding carboxylic acids is 1. The zero-order valence-electron chi connectivity index (χ0n) is 10.8. The number of rotatable bonds is 4. The number of nitrogens with one attached hydrogen (secondary N) is 1. The van der Waals surface area contributed by atoms with Gasteiger partial charge in [-0.3, -0.25) is 4.79 Å². The highest BCUT2D eigenvalue weighted by Crippen LogP contribution is 2.30. The Balaban J connectivity index is 2.26. The molecule has 1 N–H and O–H groups in total. The molecule has 0 aliphatic carbocycles. The Morgan fingerprint density at radius 1 is 1.40 bits per heavy atom. The van der Waals surface area contributed by atoms with Crippen LogP contribution < -0.4 is 5.32 Å². The summed E-state index contributed by atoms with van der Waals surface area (Å²) in [6.07, 6.45) is 2.68. The summed E-state index contributed by atoms with van der Waals surface area (Å²) in [5.41, 5.74) is 1.16. The number of carbonyl (C=O) groups is 1. The fourth-order valence-electron chi connectivity index (χ4n) is 1.88. The number of hydrogen-bond donors (Lipinski definition) is 1. The Labute approximate surface area is 136 Å². The Morgan fingerprint density at radius 2 is 2.15 bits per heavy atom. The van der Waals surface area contributed by atoms with E-state index in [2.05, 4.69) is 21.2 Å². The van der Waals surface area contributed by atoms with E-state index >= 15 is 0 Å². The average Bonchev–Trinajstić information content (AvgIpc) is 2.76. The average molecular weight is 376 g/mol. The lowest BCUT2D eigenvalue weighted by Crippen LogP contribution is -2.17. The van der Waals surface area contributed by atoms with Gasteiger partial charge in [0.15, 0.2) is 0 Å². The van der Waals surface area contributed by atoms with Gasteiger partial charge in [-0.2, -0.15) is 0 Å². The summed E-state index contributed by atoms with van der Waals surface area (Å²) in [7, 11) is 0. The fourth-order valence-corrected chi connectivity index (χ4v) is 2.64. The third-order valence-corrected chi connectivity index (χ3v) is 4.36. The molecule has 0 bridgehead atoms. The predicted octanol–water partition coefficient (Wildman–Crippen LogP) is 5.22. The van der Waals surface area contributed by atoms with Gasteiger partial charge >= 0.3 is 0 Å². The third kappa shape index (κ3) is 3.37. The van der Waals surface area contributed by atoms with E-state index in [1.165, 1.54) is 0 Å². The van der Waals surface area contributed by atoms with Gasteiger partial charge < -0.3 is 9.88 Å². The van der Waals surface area contributed by atoms with Crippen LogP contribution in [0.1, 0.15) is 23.8 Å². The SMILES string of the molecule is CCCn1cc(Cl)cc1C(=O)Nc1cccc(Cl)c1Br. The summed E-state index contributed by atoms with van der Waals surface area (Å²) >= 11 is 15.3. The van der Waals surface area contributed by atoms with Gasteiger partial charge in [0.2, 0.25) is 0 Å². The van der Waals surface area contributed by atoms with Crippen molar-refractivity contribution >= 4 is 50.7 Å². The lowest BCUT2D eigenvalue weighted by atomic mass is 10.3. The molecule has 0 atom stereocenters. The zero-order chi connectivity index (χ0) is 14.7. The van der Waals surface area contributed by atoms with Crippen LogP contribution in [0.2, 0.25) is 10.0 Å². The molecule has 1 heterocycles. The molecule has 20 heavy (non-hydrogen) atoms. The highest BCUT2D eigenvalue weighted by molar-refractivity contribution is 9.10. The van der Waals surface area contributed by atoms with Crippen LogP contribution in [-0.4, -0.2) is 10.5 Å². The van der Waals surface area contributed by atoms with E-state index in [0.717, 1.165) is 13.0 Å². The Bertz CT molecular complexity index is 640. The maximum atomic E-state index is 12.3. The van der Waals surface area contributed by atoms with Gasteiger partial charge in [-0.1, -0.05) is 36.2 Å². The first-order valence-electron chi connectivity index (χ1n) is 6.14. The maximum absolute atomic E-state index is 12.3. The molecule has 1 amide bonds. The van der Waals surface area contributed by atoms with E-state index in [4.69, 9.17) is 23.2 Å². The van der Waals surface area contributed by atoms with Crippen molar-refractivity contribution in [2.24, 2.45) is 0 Å². The number of halogens is 3. The molecule has 6 heteroatoms. The smallest absolute Gasteiger partial charge is 0.272 e. The number of aromatic nitrogens is 1. The van der Waals surface area contributed by atoms with Crippen LogP contribution in [0, 0.1) is 0 Å². The Hall–Kier alpha value is -0.970. The van der Waals surface area contributed by atoms with Crippen LogP contribution in [0.25, 0.3) is 0 Å². The minimum atomic E-state index is -0.215. The predicted molar refractivity (Wildman–Crippen MR) is 86.8 cm³/mol. The highest BCUT2D eigenvalue weighted by Gasteiger charge is 2.15. The molecule has 2 rings (SSSR count). The molecule has 0 fully saturated rings. The second-order valence-electron chi connectivity index (χ2n) is 4.29. The third-order valence-electron chi connectivity index (χ3n) is 2.76. The molecule has 106 valence electrons. The second kappa shape index (κ2) is 6.66. The van der Waals surface area contributed by atoms with Gasteiger partial charge in [0.1, 0.15) is 5.69 Å². The first-order chi connectivity index (χ1) is 9.52. The minimum absolute atomic E-state index is 0.215. The normalized spacial score (nSPS) is 10.6. The first kappa shape index (κ1) is 15.4. The van der Waals surface area contributed by atoms with E-state index in [1.807, 2.05) is 11.5 Å². The van der Waals surface area contributed by atoms with Crippen molar-refractivity contribution in [3.8, 4) is 0 Å². The van der Waals surface area contributed by atoms with E-state index in [9.17, 15) is 4.79 Å². The van der Waals surface area contributed by atoms with E-state index in [-0.39, 0.29) is 5.91 Å². The summed E-state index contributed by atoms with van der Waals surface area (Å²) in [5, 5.41) is 3.93. The monoisotopic (exact) mass is 374 g/mol. The summed E-state index contributed by atoms with van der Waals surface area (Å²) in [6.45, 7) is 2.79. The number of anilines is 1. The fraction of sp³-hybridized carbons (Fsp3) is 0.214. The van der Waals surface area contributed by atoms with Crippen molar-refractivity contribution < 1.29 is 4.79 Å². The molecule has 3 nitrogen and oxygen atoms in total. The molecular formula is C14H13BrCl2N2O. The molecule has 2 aromatic rings. The van der Waals surface area contributed by atoms with Crippen molar-refractivity contribution in [2.75, 3.05) is 5.32 Å². The molecule has 1 aromatic heterocycles. The van der Waals surface area contributed by atoms with Crippen molar-refractivity contribution in [1.82, 2.24) is 4.57 Å². The molecule has 0 saturated heterocycles. The first-order valence-corrected chi connectivity index (χ1v) is 7.69. The summed E-state index contributed by atoms with van der Waals surface area (Å²) in [5.74, 6) is -0.215. The summed E-state index contributed by atoms with van der Waals surface area (Å²) < 4.78 is 2.51. The minimum Gasteiger partial charge on any atom is -0.342 e. The van der Waals surface area contributed by atoms with Crippen LogP contribution in [0.3, 0.4) is 0 Å². The molecule has 1 aromatic carbocycles. The van der Waals surface area contributed by atoms with Crippen molar-refractivity contribution in [3.63, 3.8) is 0 Å². The van der Waals surface area contributed by atoms with Crippen LogP contribution in [0.15, 0.2) is 34.9 Å². The lowest BCUT2D eigenvalue weighted by Gasteiger charge is -2.10. The van der Waals surface area contributed by atoms with Gasteiger partial charge in [0.05, 0.1) is 20.2 Å². The molecular weight excluding hydrogens is 363 g/mol. The number of benzene rings is 1. The Kier molecular flexibility index (Phi) is 5.13. The summed E-state index contributed by atoms with van der Waals surface area (Å²) in [6, 6.07) is 6.96. The lowest BCUT2D eigenvalue weighted by molar-refractivity contribution is 0.101. The van der Waals surface area contributed by atoms with Gasteiger partial charge in [-0.15, -0.1) is 0 Å². The van der Waals surface area contributed by atoms with Crippen LogP contribution in [0.5, 0.6) is 0 Å². The maximum Gasteiger partial charge on any atom is 0.272 e. The molecule has 0 radical (unpaired) electrons. The van der Waals surface area contributed by atoms with E-state index < -0.39 is 0 Å². The summed E-state index contributed by atoms with van der Waals surface area (Å²) in [4.78, 5) is 12.3. The van der Waals surface area contributed by atoms with Crippen LogP contribution >= 0.6 is 39.1 Å². The molecule has 0 unspecified atom stereocenters. The van der Waals surface area contributed by atoms with E-state index in [0.29, 0.717) is 25.9 Å².